The highest BCUT2D eigenvalue weighted by molar-refractivity contribution is 7.90. The summed E-state index contributed by atoms with van der Waals surface area (Å²) in [5, 5.41) is 12.7. The van der Waals surface area contributed by atoms with Gasteiger partial charge in [-0.05, 0) is 41.3 Å². The third-order valence-electron chi connectivity index (χ3n) is 5.78. The minimum Gasteiger partial charge on any atom is -0.302 e. The highest BCUT2D eigenvalue weighted by atomic mass is 32.2. The maximum Gasteiger partial charge on any atom is 0.230 e. The molecule has 2 heterocycles. The van der Waals surface area contributed by atoms with Crippen LogP contribution < -0.4 is 5.32 Å². The van der Waals surface area contributed by atoms with Gasteiger partial charge in [-0.3, -0.25) is 9.69 Å². The van der Waals surface area contributed by atoms with E-state index in [1.54, 1.807) is 18.2 Å². The van der Waals surface area contributed by atoms with Gasteiger partial charge in [-0.25, -0.2) is 13.4 Å². The minimum absolute atomic E-state index is 0.131. The second-order valence-corrected chi connectivity index (χ2v) is 12.0. The first-order valence-corrected chi connectivity index (χ1v) is 13.7. The number of fused-ring (bicyclic) bond motifs is 1. The van der Waals surface area contributed by atoms with E-state index >= 15 is 0 Å². The first kappa shape index (κ1) is 24.1. The molecular formula is C25H26N4O3S2. The normalized spacial score (nSPS) is 15.8. The fraction of sp³-hybridized carbons (Fsp3) is 0.320. The summed E-state index contributed by atoms with van der Waals surface area (Å²) in [6.45, 7) is 5.80. The van der Waals surface area contributed by atoms with Gasteiger partial charge >= 0.3 is 0 Å². The first-order chi connectivity index (χ1) is 16.1. The van der Waals surface area contributed by atoms with Crippen molar-refractivity contribution in [3.8, 4) is 6.07 Å². The van der Waals surface area contributed by atoms with Crippen LogP contribution in [0.2, 0.25) is 0 Å². The molecule has 176 valence electrons. The molecule has 1 atom stereocenters. The van der Waals surface area contributed by atoms with Crippen molar-refractivity contribution in [3.63, 3.8) is 0 Å². The SMILES string of the molecule is CC(C)[C@@H]1c2nc(NC(=O)Cc3ccc(S(C)(=O)=O)cc3)sc2CN1Cc1cccc(C#N)c1. The van der Waals surface area contributed by atoms with Crippen LogP contribution in [0.1, 0.15) is 47.2 Å². The average Bonchev–Trinajstić information content (AvgIpc) is 3.29. The standard InChI is InChI=1S/C25H26N4O3S2/c1-16(2)24-23-21(15-29(24)14-19-6-4-5-18(11-19)13-26)33-25(28-23)27-22(30)12-17-7-9-20(10-8-17)34(3,31)32/h4-11,16,24H,12,14-15H2,1-3H3,(H,27,28,30)/t24-/m1/s1. The molecule has 0 saturated carbocycles. The van der Waals surface area contributed by atoms with Gasteiger partial charge in [0, 0.05) is 24.2 Å². The maximum absolute atomic E-state index is 12.6. The quantitative estimate of drug-likeness (QED) is 0.525. The van der Waals surface area contributed by atoms with Crippen LogP contribution in [-0.2, 0) is 34.1 Å². The Morgan fingerprint density at radius 3 is 2.62 bits per heavy atom. The lowest BCUT2D eigenvalue weighted by Crippen LogP contribution is -2.26. The largest absolute Gasteiger partial charge is 0.302 e. The predicted molar refractivity (Wildman–Crippen MR) is 132 cm³/mol. The second-order valence-electron chi connectivity index (χ2n) is 8.87. The minimum atomic E-state index is -3.26. The average molecular weight is 495 g/mol. The van der Waals surface area contributed by atoms with Gasteiger partial charge in [-0.1, -0.05) is 38.1 Å². The molecule has 0 saturated heterocycles. The van der Waals surface area contributed by atoms with Crippen LogP contribution >= 0.6 is 11.3 Å². The molecule has 0 aliphatic carbocycles. The zero-order valence-corrected chi connectivity index (χ0v) is 20.9. The number of benzene rings is 2. The van der Waals surface area contributed by atoms with Gasteiger partial charge in [0.25, 0.3) is 0 Å². The number of anilines is 1. The first-order valence-electron chi connectivity index (χ1n) is 11.0. The molecule has 1 aliphatic heterocycles. The number of carbonyl (C=O) groups excluding carboxylic acids is 1. The Kier molecular flexibility index (Phi) is 6.84. The van der Waals surface area contributed by atoms with Crippen LogP contribution in [0.25, 0.3) is 0 Å². The number of nitrogens with zero attached hydrogens (tertiary/aromatic N) is 3. The lowest BCUT2D eigenvalue weighted by Gasteiger charge is -2.27. The van der Waals surface area contributed by atoms with Crippen LogP contribution in [0.3, 0.4) is 0 Å². The number of aromatic nitrogens is 1. The number of nitrogens with one attached hydrogen (secondary N) is 1. The topological polar surface area (TPSA) is 103 Å². The molecule has 4 rings (SSSR count). The van der Waals surface area contributed by atoms with E-state index in [9.17, 15) is 18.5 Å². The molecule has 1 aliphatic rings. The molecule has 3 aromatic rings. The summed E-state index contributed by atoms with van der Waals surface area (Å²) in [5.74, 6) is 0.144. The van der Waals surface area contributed by atoms with E-state index in [4.69, 9.17) is 4.98 Å². The van der Waals surface area contributed by atoms with E-state index in [0.29, 0.717) is 16.6 Å². The van der Waals surface area contributed by atoms with Gasteiger partial charge in [0.15, 0.2) is 15.0 Å². The number of hydrogen-bond donors (Lipinski definition) is 1. The summed E-state index contributed by atoms with van der Waals surface area (Å²) in [7, 11) is -3.26. The molecule has 7 nitrogen and oxygen atoms in total. The monoisotopic (exact) mass is 494 g/mol. The number of thiazole rings is 1. The second kappa shape index (κ2) is 9.66. The molecular weight excluding hydrogens is 468 g/mol. The van der Waals surface area contributed by atoms with Gasteiger partial charge in [0.2, 0.25) is 5.91 Å². The van der Waals surface area contributed by atoms with Crippen molar-refractivity contribution in [2.24, 2.45) is 5.92 Å². The van der Waals surface area contributed by atoms with Gasteiger partial charge in [0.1, 0.15) is 0 Å². The molecule has 2 aromatic carbocycles. The Labute approximate surface area is 204 Å². The smallest absolute Gasteiger partial charge is 0.230 e. The van der Waals surface area contributed by atoms with Crippen LogP contribution in [0, 0.1) is 17.2 Å². The third-order valence-corrected chi connectivity index (χ3v) is 7.88. The van der Waals surface area contributed by atoms with E-state index in [1.165, 1.54) is 23.5 Å². The third kappa shape index (κ3) is 5.36. The number of sulfone groups is 1. The van der Waals surface area contributed by atoms with Crippen molar-refractivity contribution in [3.05, 3.63) is 75.8 Å². The zero-order chi connectivity index (χ0) is 24.5. The molecule has 1 aromatic heterocycles. The zero-order valence-electron chi connectivity index (χ0n) is 19.3. The summed E-state index contributed by atoms with van der Waals surface area (Å²) >= 11 is 1.49. The number of nitriles is 1. The molecule has 9 heteroatoms. The highest BCUT2D eigenvalue weighted by Crippen LogP contribution is 2.43. The van der Waals surface area contributed by atoms with E-state index in [0.717, 1.165) is 41.0 Å². The van der Waals surface area contributed by atoms with E-state index in [1.807, 2.05) is 18.2 Å². The number of amides is 1. The molecule has 0 unspecified atom stereocenters. The lowest BCUT2D eigenvalue weighted by atomic mass is 10.0. The van der Waals surface area contributed by atoms with Crippen LogP contribution in [0.15, 0.2) is 53.4 Å². The van der Waals surface area contributed by atoms with Crippen molar-refractivity contribution in [1.29, 1.82) is 5.26 Å². The lowest BCUT2D eigenvalue weighted by molar-refractivity contribution is -0.115. The summed E-state index contributed by atoms with van der Waals surface area (Å²) in [5.41, 5.74) is 3.49. The molecule has 0 fully saturated rings. The Morgan fingerprint density at radius 2 is 1.97 bits per heavy atom. The van der Waals surface area contributed by atoms with Crippen molar-refractivity contribution in [2.75, 3.05) is 11.6 Å². The van der Waals surface area contributed by atoms with Crippen molar-refractivity contribution in [2.45, 2.75) is 44.3 Å². The fourth-order valence-corrected chi connectivity index (χ4v) is 5.96. The fourth-order valence-electron chi connectivity index (χ4n) is 4.29. The molecule has 34 heavy (non-hydrogen) atoms. The number of carbonyl (C=O) groups is 1. The molecule has 0 radical (unpaired) electrons. The maximum atomic E-state index is 12.6. The Morgan fingerprint density at radius 1 is 1.24 bits per heavy atom. The van der Waals surface area contributed by atoms with Gasteiger partial charge < -0.3 is 5.32 Å². The molecule has 1 N–H and O–H groups in total. The Bertz CT molecular complexity index is 1360. The van der Waals surface area contributed by atoms with E-state index in [-0.39, 0.29) is 23.3 Å². The van der Waals surface area contributed by atoms with Gasteiger partial charge in [0.05, 0.1) is 34.7 Å². The summed E-state index contributed by atoms with van der Waals surface area (Å²) in [6.07, 6.45) is 1.30. The van der Waals surface area contributed by atoms with Crippen LogP contribution in [0.5, 0.6) is 0 Å². The van der Waals surface area contributed by atoms with Crippen molar-refractivity contribution in [1.82, 2.24) is 9.88 Å². The van der Waals surface area contributed by atoms with E-state index < -0.39 is 9.84 Å². The summed E-state index contributed by atoms with van der Waals surface area (Å²) < 4.78 is 23.2. The molecule has 1 amide bonds. The number of hydrogen-bond acceptors (Lipinski definition) is 7. The van der Waals surface area contributed by atoms with Crippen molar-refractivity contribution < 1.29 is 13.2 Å². The van der Waals surface area contributed by atoms with Crippen LogP contribution in [0.4, 0.5) is 5.13 Å². The Hall–Kier alpha value is -3.06. The predicted octanol–water partition coefficient (Wildman–Crippen LogP) is 4.31. The van der Waals surface area contributed by atoms with Gasteiger partial charge in [-0.15, -0.1) is 11.3 Å². The van der Waals surface area contributed by atoms with E-state index in [2.05, 4.69) is 30.1 Å². The molecule has 0 bridgehead atoms. The molecule has 0 spiro atoms. The number of rotatable bonds is 7. The summed E-state index contributed by atoms with van der Waals surface area (Å²) in [6, 6.07) is 16.3. The van der Waals surface area contributed by atoms with Crippen molar-refractivity contribution >= 4 is 32.2 Å². The van der Waals surface area contributed by atoms with Gasteiger partial charge in [-0.2, -0.15) is 5.26 Å². The summed E-state index contributed by atoms with van der Waals surface area (Å²) in [4.78, 5) is 21.1. The Balaban J connectivity index is 1.43. The van der Waals surface area contributed by atoms with Crippen LogP contribution in [-0.4, -0.2) is 30.5 Å². The highest BCUT2D eigenvalue weighted by Gasteiger charge is 2.36.